The van der Waals surface area contributed by atoms with E-state index in [1.165, 1.54) is 35.7 Å². The molecule has 4 rings (SSSR count). The number of nitrogens with two attached hydrogens (primary N) is 1. The first-order valence-corrected chi connectivity index (χ1v) is 8.63. The van der Waals surface area contributed by atoms with Gasteiger partial charge in [0.05, 0.1) is 17.8 Å². The lowest BCUT2D eigenvalue weighted by Gasteiger charge is -2.15. The minimum Gasteiger partial charge on any atom is -0.446 e. The van der Waals surface area contributed by atoms with E-state index in [4.69, 9.17) is 10.5 Å². The number of rotatable bonds is 5. The van der Waals surface area contributed by atoms with Gasteiger partial charge in [-0.2, -0.15) is 5.10 Å². The molecule has 0 saturated carbocycles. The van der Waals surface area contributed by atoms with Crippen LogP contribution in [-0.4, -0.2) is 51.2 Å². The largest absolute Gasteiger partial charge is 0.446 e. The second-order valence-electron chi connectivity index (χ2n) is 6.28. The summed E-state index contributed by atoms with van der Waals surface area (Å²) in [5.41, 5.74) is 4.75. The van der Waals surface area contributed by atoms with Crippen molar-refractivity contribution in [1.82, 2.24) is 19.7 Å². The normalized spacial score (nSPS) is 15.9. The maximum atomic E-state index is 14.7. The molecule has 30 heavy (non-hydrogen) atoms. The van der Waals surface area contributed by atoms with Crippen molar-refractivity contribution in [2.24, 2.45) is 5.73 Å². The molecule has 1 aliphatic heterocycles. The number of carbonyl (C=O) groups excluding carboxylic acids is 2. The zero-order valence-corrected chi connectivity index (χ0v) is 15.2. The van der Waals surface area contributed by atoms with E-state index in [-0.39, 0.29) is 30.0 Å². The van der Waals surface area contributed by atoms with Crippen molar-refractivity contribution in [2.75, 3.05) is 18.1 Å². The maximum absolute atomic E-state index is 14.7. The molecule has 1 fully saturated rings. The Morgan fingerprint density at radius 1 is 1.30 bits per heavy atom. The maximum Gasteiger partial charge on any atom is 0.414 e. The fourth-order valence-corrected chi connectivity index (χ4v) is 2.98. The Hall–Kier alpha value is -4.09. The Morgan fingerprint density at radius 2 is 2.07 bits per heavy atom. The lowest BCUT2D eigenvalue weighted by molar-refractivity contribution is 0.0779. The summed E-state index contributed by atoms with van der Waals surface area (Å²) in [5.74, 6) is -1.34. The van der Waals surface area contributed by atoms with Gasteiger partial charge in [-0.25, -0.2) is 33.0 Å². The topological polar surface area (TPSA) is 125 Å². The third-order valence-corrected chi connectivity index (χ3v) is 4.31. The van der Waals surface area contributed by atoms with Gasteiger partial charge < -0.3 is 15.2 Å². The second-order valence-corrected chi connectivity index (χ2v) is 6.28. The average molecular weight is 416 g/mol. The molecule has 1 aromatic carbocycles. The van der Waals surface area contributed by atoms with Crippen molar-refractivity contribution in [3.05, 3.63) is 54.8 Å². The zero-order chi connectivity index (χ0) is 21.3. The molecule has 0 bridgehead atoms. The fourth-order valence-electron chi connectivity index (χ4n) is 2.98. The number of amides is 2. The number of primary amides is 1. The van der Waals surface area contributed by atoms with E-state index in [1.807, 2.05) is 0 Å². The minimum atomic E-state index is -1.02. The van der Waals surface area contributed by atoms with Gasteiger partial charge in [0, 0.05) is 11.8 Å². The number of ether oxygens (including phenoxy) is 2. The molecule has 2 amide bonds. The van der Waals surface area contributed by atoms with E-state index >= 15 is 0 Å². The Morgan fingerprint density at radius 3 is 2.67 bits per heavy atom. The predicted octanol–water partition coefficient (Wildman–Crippen LogP) is 2.03. The Labute approximate surface area is 167 Å². The summed E-state index contributed by atoms with van der Waals surface area (Å²) >= 11 is 0. The Bertz CT molecular complexity index is 1070. The number of anilines is 1. The van der Waals surface area contributed by atoms with Crippen LogP contribution in [0, 0.1) is 11.6 Å². The highest BCUT2D eigenvalue weighted by Crippen LogP contribution is 2.32. The standard InChI is InChI=1S/C18H14F2N6O4/c19-13-3-11(25-6-12(30-18(25)28)7-29-17(21)27)4-14(20)16(13)10-1-2-15(23-5-10)26-9-22-8-24-26/h1-5,8-9,12H,6-7H2,(H2,21,27)/t12-/m0/s1. The van der Waals surface area contributed by atoms with Crippen LogP contribution in [-0.2, 0) is 9.47 Å². The SMILES string of the molecule is NC(=O)OC[C@@H]1CN(c2cc(F)c(-c3ccc(-n4cncn4)nc3)c(F)c2)C(=O)O1. The molecule has 3 aromatic rings. The molecular formula is C18H14F2N6O4. The highest BCUT2D eigenvalue weighted by Gasteiger charge is 2.34. The summed E-state index contributed by atoms with van der Waals surface area (Å²) in [6.45, 7) is -0.317. The van der Waals surface area contributed by atoms with Crippen LogP contribution < -0.4 is 10.6 Å². The number of hydrogen-bond acceptors (Lipinski definition) is 7. The summed E-state index contributed by atoms with van der Waals surface area (Å²) in [7, 11) is 0. The van der Waals surface area contributed by atoms with Crippen LogP contribution in [0.5, 0.6) is 0 Å². The van der Waals surface area contributed by atoms with Crippen molar-refractivity contribution in [3.63, 3.8) is 0 Å². The molecule has 10 nitrogen and oxygen atoms in total. The van der Waals surface area contributed by atoms with Crippen LogP contribution in [0.1, 0.15) is 0 Å². The first-order chi connectivity index (χ1) is 14.4. The van der Waals surface area contributed by atoms with Gasteiger partial charge in [-0.3, -0.25) is 4.90 Å². The smallest absolute Gasteiger partial charge is 0.414 e. The van der Waals surface area contributed by atoms with Crippen molar-refractivity contribution in [3.8, 4) is 16.9 Å². The molecule has 154 valence electrons. The highest BCUT2D eigenvalue weighted by molar-refractivity contribution is 5.90. The van der Waals surface area contributed by atoms with Crippen LogP contribution >= 0.6 is 0 Å². The van der Waals surface area contributed by atoms with Gasteiger partial charge >= 0.3 is 12.2 Å². The summed E-state index contributed by atoms with van der Waals surface area (Å²) in [4.78, 5) is 31.7. The molecule has 1 aliphatic rings. The summed E-state index contributed by atoms with van der Waals surface area (Å²) in [6, 6.07) is 5.06. The Kier molecular flexibility index (Phi) is 4.96. The number of hydrogen-bond donors (Lipinski definition) is 1. The summed E-state index contributed by atoms with van der Waals surface area (Å²) in [5, 5.41) is 3.93. The lowest BCUT2D eigenvalue weighted by atomic mass is 10.1. The zero-order valence-electron chi connectivity index (χ0n) is 15.2. The third-order valence-electron chi connectivity index (χ3n) is 4.31. The molecule has 0 radical (unpaired) electrons. The van der Waals surface area contributed by atoms with E-state index in [0.717, 1.165) is 17.0 Å². The molecule has 1 atom stereocenters. The van der Waals surface area contributed by atoms with Crippen LogP contribution in [0.3, 0.4) is 0 Å². The first kappa shape index (κ1) is 19.2. The monoisotopic (exact) mass is 416 g/mol. The van der Waals surface area contributed by atoms with Crippen LogP contribution in [0.15, 0.2) is 43.1 Å². The molecule has 0 unspecified atom stereocenters. The number of cyclic esters (lactones) is 1. The molecule has 0 aliphatic carbocycles. The number of halogens is 2. The van der Waals surface area contributed by atoms with Crippen molar-refractivity contribution in [1.29, 1.82) is 0 Å². The van der Waals surface area contributed by atoms with Gasteiger partial charge in [-0.05, 0) is 24.3 Å². The molecule has 0 spiro atoms. The van der Waals surface area contributed by atoms with Crippen LogP contribution in [0.2, 0.25) is 0 Å². The predicted molar refractivity (Wildman–Crippen MR) is 97.7 cm³/mol. The van der Waals surface area contributed by atoms with Crippen molar-refractivity contribution >= 4 is 17.9 Å². The number of carbonyl (C=O) groups is 2. The summed E-state index contributed by atoms with van der Waals surface area (Å²) < 4.78 is 40.5. The number of benzene rings is 1. The van der Waals surface area contributed by atoms with Crippen molar-refractivity contribution in [2.45, 2.75) is 6.10 Å². The molecule has 2 aromatic heterocycles. The van der Waals surface area contributed by atoms with Gasteiger partial charge in [-0.1, -0.05) is 0 Å². The first-order valence-electron chi connectivity index (χ1n) is 8.63. The van der Waals surface area contributed by atoms with E-state index in [0.29, 0.717) is 5.82 Å². The number of nitrogens with zero attached hydrogens (tertiary/aromatic N) is 5. The van der Waals surface area contributed by atoms with E-state index in [9.17, 15) is 18.4 Å². The van der Waals surface area contributed by atoms with Gasteiger partial charge in [0.1, 0.15) is 30.9 Å². The van der Waals surface area contributed by atoms with Gasteiger partial charge in [0.25, 0.3) is 0 Å². The fraction of sp³-hybridized carbons (Fsp3) is 0.167. The number of aromatic nitrogens is 4. The molecule has 3 heterocycles. The van der Waals surface area contributed by atoms with Crippen molar-refractivity contribution < 1.29 is 27.8 Å². The molecule has 1 saturated heterocycles. The van der Waals surface area contributed by atoms with Crippen LogP contribution in [0.25, 0.3) is 16.9 Å². The van der Waals surface area contributed by atoms with Gasteiger partial charge in [-0.15, -0.1) is 0 Å². The molecular weight excluding hydrogens is 402 g/mol. The van der Waals surface area contributed by atoms with Gasteiger partial charge in [0.2, 0.25) is 0 Å². The average Bonchev–Trinajstić information content (AvgIpc) is 3.36. The highest BCUT2D eigenvalue weighted by atomic mass is 19.1. The second kappa shape index (κ2) is 7.73. The van der Waals surface area contributed by atoms with E-state index in [1.54, 1.807) is 0 Å². The third kappa shape index (κ3) is 3.74. The lowest BCUT2D eigenvalue weighted by Crippen LogP contribution is -2.27. The van der Waals surface area contributed by atoms with E-state index < -0.39 is 29.9 Å². The molecule has 2 N–H and O–H groups in total. The molecule has 12 heteroatoms. The van der Waals surface area contributed by atoms with E-state index in [2.05, 4.69) is 19.8 Å². The minimum absolute atomic E-state index is 0.0347. The van der Waals surface area contributed by atoms with Crippen LogP contribution in [0.4, 0.5) is 24.1 Å². The Balaban J connectivity index is 1.57. The number of pyridine rings is 1. The summed E-state index contributed by atoms with van der Waals surface area (Å²) in [6.07, 6.45) is 1.44. The quantitative estimate of drug-likeness (QED) is 0.674. The van der Waals surface area contributed by atoms with Gasteiger partial charge in [0.15, 0.2) is 11.9 Å².